The molecular formula is C19H22N6O. The summed E-state index contributed by atoms with van der Waals surface area (Å²) in [4.78, 5) is 17.1. The molecule has 3 aromatic rings. The first-order chi connectivity index (χ1) is 12.6. The minimum Gasteiger partial charge on any atom is -0.347 e. The van der Waals surface area contributed by atoms with E-state index in [1.165, 1.54) is 0 Å². The van der Waals surface area contributed by atoms with Crippen molar-refractivity contribution in [2.75, 3.05) is 0 Å². The number of aromatic nitrogens is 5. The molecule has 1 aliphatic rings. The average molecular weight is 350 g/mol. The highest BCUT2D eigenvalue weighted by Crippen LogP contribution is 2.31. The molecule has 7 nitrogen and oxygen atoms in total. The van der Waals surface area contributed by atoms with Crippen molar-refractivity contribution in [1.29, 1.82) is 0 Å². The minimum atomic E-state index is -0.346. The van der Waals surface area contributed by atoms with E-state index >= 15 is 0 Å². The van der Waals surface area contributed by atoms with E-state index in [2.05, 4.69) is 20.5 Å². The lowest BCUT2D eigenvalue weighted by molar-refractivity contribution is -0.125. The van der Waals surface area contributed by atoms with Gasteiger partial charge in [0.15, 0.2) is 5.82 Å². The third-order valence-corrected chi connectivity index (χ3v) is 4.98. The summed E-state index contributed by atoms with van der Waals surface area (Å²) in [5, 5.41) is 12.0. The summed E-state index contributed by atoms with van der Waals surface area (Å²) in [5.41, 5.74) is 3.18. The van der Waals surface area contributed by atoms with E-state index in [1.807, 2.05) is 49.0 Å². The van der Waals surface area contributed by atoms with Gasteiger partial charge in [0.1, 0.15) is 6.04 Å². The Balaban J connectivity index is 1.56. The van der Waals surface area contributed by atoms with Crippen LogP contribution in [0.1, 0.15) is 48.8 Å². The van der Waals surface area contributed by atoms with Crippen LogP contribution < -0.4 is 5.32 Å². The predicted octanol–water partition coefficient (Wildman–Crippen LogP) is 2.53. The number of hydrogen-bond acceptors (Lipinski definition) is 4. The van der Waals surface area contributed by atoms with Crippen molar-refractivity contribution in [2.24, 2.45) is 0 Å². The molecule has 3 aromatic heterocycles. The summed E-state index contributed by atoms with van der Waals surface area (Å²) in [7, 11) is 0. The number of fused-ring (bicyclic) bond motifs is 1. The number of hydrogen-bond donors (Lipinski definition) is 1. The van der Waals surface area contributed by atoms with Crippen LogP contribution in [0.5, 0.6) is 0 Å². The summed E-state index contributed by atoms with van der Waals surface area (Å²) in [6.45, 7) is 3.82. The Labute approximate surface area is 152 Å². The third kappa shape index (κ3) is 2.89. The number of aryl methyl sites for hydroxylation is 1. The molecule has 0 aliphatic heterocycles. The lowest BCUT2D eigenvalue weighted by atomic mass is 9.92. The number of pyridine rings is 1. The second-order valence-corrected chi connectivity index (χ2v) is 6.69. The SMILES string of the molecule is Cc1ccnn1[C@H](C)C(=O)N[C@@H]1CCCc2c1cnn2-c1ccccn1. The molecule has 3 heterocycles. The fourth-order valence-electron chi connectivity index (χ4n) is 3.57. The number of nitrogens with one attached hydrogen (secondary N) is 1. The molecular weight excluding hydrogens is 328 g/mol. The summed E-state index contributed by atoms with van der Waals surface area (Å²) in [6.07, 6.45) is 8.20. The van der Waals surface area contributed by atoms with Gasteiger partial charge in [0.25, 0.3) is 0 Å². The molecule has 1 aliphatic carbocycles. The lowest BCUT2D eigenvalue weighted by Gasteiger charge is -2.25. The number of nitrogens with zero attached hydrogens (tertiary/aromatic N) is 5. The number of amides is 1. The molecule has 0 bridgehead atoms. The van der Waals surface area contributed by atoms with E-state index in [0.29, 0.717) is 0 Å². The van der Waals surface area contributed by atoms with E-state index in [1.54, 1.807) is 17.1 Å². The molecule has 1 amide bonds. The van der Waals surface area contributed by atoms with E-state index in [4.69, 9.17) is 0 Å². The monoisotopic (exact) mass is 350 g/mol. The molecule has 0 spiro atoms. The highest BCUT2D eigenvalue weighted by Gasteiger charge is 2.28. The molecule has 1 N–H and O–H groups in total. The van der Waals surface area contributed by atoms with Crippen LogP contribution in [0, 0.1) is 6.92 Å². The summed E-state index contributed by atoms with van der Waals surface area (Å²) >= 11 is 0. The van der Waals surface area contributed by atoms with Crippen molar-refractivity contribution < 1.29 is 4.79 Å². The van der Waals surface area contributed by atoms with Gasteiger partial charge in [0.2, 0.25) is 5.91 Å². The molecule has 134 valence electrons. The maximum Gasteiger partial charge on any atom is 0.245 e. The predicted molar refractivity (Wildman–Crippen MR) is 96.9 cm³/mol. The summed E-state index contributed by atoms with van der Waals surface area (Å²) < 4.78 is 3.63. The lowest BCUT2D eigenvalue weighted by Crippen LogP contribution is -2.36. The first-order valence-electron chi connectivity index (χ1n) is 8.94. The Morgan fingerprint density at radius 1 is 1.27 bits per heavy atom. The smallest absolute Gasteiger partial charge is 0.245 e. The molecule has 0 saturated heterocycles. The fourth-order valence-corrected chi connectivity index (χ4v) is 3.57. The van der Waals surface area contributed by atoms with Crippen molar-refractivity contribution in [2.45, 2.75) is 45.2 Å². The molecule has 0 unspecified atom stereocenters. The zero-order valence-corrected chi connectivity index (χ0v) is 15.0. The van der Waals surface area contributed by atoms with Crippen LogP contribution in [0.3, 0.4) is 0 Å². The zero-order chi connectivity index (χ0) is 18.1. The van der Waals surface area contributed by atoms with Gasteiger partial charge in [0, 0.05) is 23.7 Å². The molecule has 7 heteroatoms. The maximum absolute atomic E-state index is 12.7. The largest absolute Gasteiger partial charge is 0.347 e. The molecule has 2 atom stereocenters. The number of carbonyl (C=O) groups excluding carboxylic acids is 1. The Morgan fingerprint density at radius 2 is 2.15 bits per heavy atom. The normalized spacial score (nSPS) is 17.5. The van der Waals surface area contributed by atoms with Crippen LogP contribution in [-0.4, -0.2) is 30.5 Å². The molecule has 0 radical (unpaired) electrons. The Hall–Kier alpha value is -2.96. The molecule has 0 saturated carbocycles. The fraction of sp³-hybridized carbons (Fsp3) is 0.368. The first-order valence-corrected chi connectivity index (χ1v) is 8.94. The average Bonchev–Trinajstić information content (AvgIpc) is 3.28. The van der Waals surface area contributed by atoms with Gasteiger partial charge in [-0.15, -0.1) is 0 Å². The van der Waals surface area contributed by atoms with E-state index in [-0.39, 0.29) is 18.0 Å². The Kier molecular flexibility index (Phi) is 4.28. The highest BCUT2D eigenvalue weighted by molar-refractivity contribution is 5.80. The maximum atomic E-state index is 12.7. The Bertz CT molecular complexity index is 913. The quantitative estimate of drug-likeness (QED) is 0.784. The topological polar surface area (TPSA) is 77.6 Å². The van der Waals surface area contributed by atoms with Crippen molar-refractivity contribution in [3.05, 3.63) is 59.8 Å². The van der Waals surface area contributed by atoms with E-state index < -0.39 is 0 Å². The molecule has 0 aromatic carbocycles. The third-order valence-electron chi connectivity index (χ3n) is 4.98. The second kappa shape index (κ2) is 6.74. The molecule has 4 rings (SSSR count). The number of carbonyl (C=O) groups is 1. The summed E-state index contributed by atoms with van der Waals surface area (Å²) in [6, 6.07) is 7.31. The van der Waals surface area contributed by atoms with Gasteiger partial charge < -0.3 is 5.32 Å². The Morgan fingerprint density at radius 3 is 2.88 bits per heavy atom. The second-order valence-electron chi connectivity index (χ2n) is 6.69. The molecule has 26 heavy (non-hydrogen) atoms. The van der Waals surface area contributed by atoms with E-state index in [0.717, 1.165) is 42.0 Å². The van der Waals surface area contributed by atoms with Gasteiger partial charge >= 0.3 is 0 Å². The van der Waals surface area contributed by atoms with Gasteiger partial charge in [-0.25, -0.2) is 9.67 Å². The minimum absolute atomic E-state index is 0.0259. The van der Waals surface area contributed by atoms with Crippen molar-refractivity contribution >= 4 is 5.91 Å². The first kappa shape index (κ1) is 16.5. The van der Waals surface area contributed by atoms with Crippen molar-refractivity contribution in [3.63, 3.8) is 0 Å². The van der Waals surface area contributed by atoms with Crippen LogP contribution in [-0.2, 0) is 11.2 Å². The van der Waals surface area contributed by atoms with Crippen LogP contribution >= 0.6 is 0 Å². The van der Waals surface area contributed by atoms with E-state index in [9.17, 15) is 4.79 Å². The van der Waals surface area contributed by atoms with Crippen molar-refractivity contribution in [3.8, 4) is 5.82 Å². The van der Waals surface area contributed by atoms with Gasteiger partial charge in [0.05, 0.1) is 17.9 Å². The van der Waals surface area contributed by atoms with Crippen LogP contribution in [0.4, 0.5) is 0 Å². The molecule has 0 fully saturated rings. The van der Waals surface area contributed by atoms with Gasteiger partial charge in [-0.05, 0) is 51.3 Å². The summed E-state index contributed by atoms with van der Waals surface area (Å²) in [5.74, 6) is 0.779. The van der Waals surface area contributed by atoms with Gasteiger partial charge in [-0.1, -0.05) is 6.07 Å². The van der Waals surface area contributed by atoms with Gasteiger partial charge in [-0.2, -0.15) is 10.2 Å². The highest BCUT2D eigenvalue weighted by atomic mass is 16.2. The standard InChI is InChI=1S/C19H22N6O/c1-13-9-11-21-24(13)14(2)19(26)23-16-6-5-7-17-15(16)12-22-25(17)18-8-3-4-10-20-18/h3-4,8-12,14,16H,5-7H2,1-2H3,(H,23,26)/t14-,16-/m1/s1. The van der Waals surface area contributed by atoms with Crippen LogP contribution in [0.25, 0.3) is 5.82 Å². The number of rotatable bonds is 4. The zero-order valence-electron chi connectivity index (χ0n) is 15.0. The van der Waals surface area contributed by atoms with Crippen LogP contribution in [0.2, 0.25) is 0 Å². The van der Waals surface area contributed by atoms with Crippen molar-refractivity contribution in [1.82, 2.24) is 29.9 Å². The van der Waals surface area contributed by atoms with Crippen LogP contribution in [0.15, 0.2) is 42.9 Å². The van der Waals surface area contributed by atoms with Gasteiger partial charge in [-0.3, -0.25) is 9.48 Å².